The summed E-state index contributed by atoms with van der Waals surface area (Å²) < 4.78 is 25.0. The molecule has 3 aromatic rings. The summed E-state index contributed by atoms with van der Waals surface area (Å²) in [4.78, 5) is 5.13. The van der Waals surface area contributed by atoms with Gasteiger partial charge in [0.1, 0.15) is 31.1 Å². The number of benzene rings is 3. The van der Waals surface area contributed by atoms with Gasteiger partial charge in [-0.15, -0.1) is 0 Å². The molecule has 1 N–H and O–H groups in total. The average Bonchev–Trinajstić information content (AvgIpc) is 3.14. The van der Waals surface area contributed by atoms with E-state index in [1.807, 2.05) is 91.0 Å². The van der Waals surface area contributed by atoms with Crippen LogP contribution in [0.3, 0.4) is 0 Å². The molecule has 1 saturated heterocycles. The Kier molecular flexibility index (Phi) is 7.22. The molecule has 0 aromatic heterocycles. The maximum absolute atomic E-state index is 11.8. The molecule has 5 atom stereocenters. The SMILES string of the molecule is CO/N=C1/[C@H](OCc2ccccc2)[C@@H](OCc2ccccc2)[C@@H]2O[C@H](c3ccccc3)OC[C@]12O. The van der Waals surface area contributed by atoms with Gasteiger partial charge < -0.3 is 28.9 Å². The van der Waals surface area contributed by atoms with E-state index in [9.17, 15) is 5.11 Å². The van der Waals surface area contributed by atoms with Crippen LogP contribution in [0.25, 0.3) is 0 Å². The summed E-state index contributed by atoms with van der Waals surface area (Å²) in [5.41, 5.74) is 1.58. The van der Waals surface area contributed by atoms with E-state index in [4.69, 9.17) is 23.8 Å². The molecule has 0 radical (unpaired) electrons. The second-order valence-electron chi connectivity index (χ2n) is 8.67. The predicted octanol–water partition coefficient (Wildman–Crippen LogP) is 4.02. The molecule has 0 amide bonds. The van der Waals surface area contributed by atoms with E-state index in [-0.39, 0.29) is 6.61 Å². The summed E-state index contributed by atoms with van der Waals surface area (Å²) in [5.74, 6) is 0. The van der Waals surface area contributed by atoms with Crippen molar-refractivity contribution in [3.63, 3.8) is 0 Å². The molecule has 182 valence electrons. The third-order valence-electron chi connectivity index (χ3n) is 6.32. The summed E-state index contributed by atoms with van der Waals surface area (Å²) >= 11 is 0. The highest BCUT2D eigenvalue weighted by molar-refractivity contribution is 6.00. The predicted molar refractivity (Wildman–Crippen MR) is 129 cm³/mol. The molecule has 3 aromatic carbocycles. The molecule has 7 heteroatoms. The van der Waals surface area contributed by atoms with Crippen molar-refractivity contribution >= 4 is 5.71 Å². The summed E-state index contributed by atoms with van der Waals surface area (Å²) in [6, 6.07) is 29.3. The van der Waals surface area contributed by atoms with Crippen LogP contribution in [0, 0.1) is 0 Å². The van der Waals surface area contributed by atoms with Gasteiger partial charge >= 0.3 is 0 Å². The van der Waals surface area contributed by atoms with Crippen LogP contribution in [0.5, 0.6) is 0 Å². The van der Waals surface area contributed by atoms with Crippen LogP contribution in [0.1, 0.15) is 23.0 Å². The van der Waals surface area contributed by atoms with Crippen molar-refractivity contribution in [3.8, 4) is 0 Å². The van der Waals surface area contributed by atoms with Crippen molar-refractivity contribution in [3.05, 3.63) is 108 Å². The molecule has 2 aliphatic rings. The molecule has 5 rings (SSSR count). The van der Waals surface area contributed by atoms with Crippen molar-refractivity contribution in [1.29, 1.82) is 0 Å². The lowest BCUT2D eigenvalue weighted by Crippen LogP contribution is -2.56. The summed E-state index contributed by atoms with van der Waals surface area (Å²) in [6.45, 7) is 0.602. The van der Waals surface area contributed by atoms with Crippen molar-refractivity contribution in [2.24, 2.45) is 5.16 Å². The number of hydrogen-bond acceptors (Lipinski definition) is 7. The third-order valence-corrected chi connectivity index (χ3v) is 6.32. The van der Waals surface area contributed by atoms with Gasteiger partial charge in [-0.2, -0.15) is 0 Å². The van der Waals surface area contributed by atoms with Crippen LogP contribution >= 0.6 is 0 Å². The Balaban J connectivity index is 1.45. The van der Waals surface area contributed by atoms with Gasteiger partial charge in [0.2, 0.25) is 0 Å². The molecule has 1 aliphatic carbocycles. The Labute approximate surface area is 204 Å². The molecule has 35 heavy (non-hydrogen) atoms. The first-order valence-corrected chi connectivity index (χ1v) is 11.7. The Hall–Kier alpha value is -3.07. The highest BCUT2D eigenvalue weighted by Gasteiger charge is 2.63. The average molecular weight is 476 g/mol. The van der Waals surface area contributed by atoms with Crippen LogP contribution < -0.4 is 0 Å². The number of oxime groups is 1. The van der Waals surface area contributed by atoms with E-state index < -0.39 is 30.2 Å². The Bertz CT molecular complexity index is 1110. The Morgan fingerprint density at radius 1 is 0.857 bits per heavy atom. The second kappa shape index (κ2) is 10.7. The van der Waals surface area contributed by atoms with Crippen LogP contribution in [0.4, 0.5) is 0 Å². The number of ether oxygens (including phenoxy) is 4. The van der Waals surface area contributed by atoms with Gasteiger partial charge in [-0.1, -0.05) is 96.2 Å². The third kappa shape index (κ3) is 5.00. The van der Waals surface area contributed by atoms with Gasteiger partial charge in [0, 0.05) is 5.56 Å². The lowest BCUT2D eigenvalue weighted by Gasteiger charge is -2.39. The van der Waals surface area contributed by atoms with Gasteiger partial charge in [0.15, 0.2) is 11.9 Å². The zero-order valence-electron chi connectivity index (χ0n) is 19.5. The van der Waals surface area contributed by atoms with Gasteiger partial charge in [-0.25, -0.2) is 0 Å². The molecule has 1 heterocycles. The quantitative estimate of drug-likeness (QED) is 0.496. The molecular weight excluding hydrogens is 446 g/mol. The van der Waals surface area contributed by atoms with Gasteiger partial charge in [0.05, 0.1) is 19.8 Å². The smallest absolute Gasteiger partial charge is 0.184 e. The van der Waals surface area contributed by atoms with Crippen molar-refractivity contribution in [1.82, 2.24) is 0 Å². The monoisotopic (exact) mass is 475 g/mol. The first-order valence-electron chi connectivity index (χ1n) is 11.7. The summed E-state index contributed by atoms with van der Waals surface area (Å²) in [7, 11) is 1.44. The number of rotatable bonds is 8. The maximum atomic E-state index is 11.8. The molecule has 0 bridgehead atoms. The van der Waals surface area contributed by atoms with Gasteiger partial charge in [0.25, 0.3) is 0 Å². The summed E-state index contributed by atoms with van der Waals surface area (Å²) in [6.07, 6.45) is -2.78. The fourth-order valence-corrected chi connectivity index (χ4v) is 4.59. The van der Waals surface area contributed by atoms with Crippen LogP contribution in [0.2, 0.25) is 0 Å². The van der Waals surface area contributed by atoms with Gasteiger partial charge in [-0.05, 0) is 11.1 Å². The lowest BCUT2D eigenvalue weighted by molar-refractivity contribution is -0.291. The van der Waals surface area contributed by atoms with Crippen molar-refractivity contribution in [2.45, 2.75) is 43.4 Å². The largest absolute Gasteiger partial charge is 0.399 e. The Morgan fingerprint density at radius 3 is 2.03 bits per heavy atom. The molecule has 2 fully saturated rings. The van der Waals surface area contributed by atoms with E-state index in [2.05, 4.69) is 5.16 Å². The number of hydrogen-bond donors (Lipinski definition) is 1. The first-order chi connectivity index (χ1) is 17.2. The van der Waals surface area contributed by atoms with Crippen molar-refractivity contribution < 1.29 is 28.9 Å². The zero-order valence-corrected chi connectivity index (χ0v) is 19.5. The highest BCUT2D eigenvalue weighted by atomic mass is 16.7. The van der Waals surface area contributed by atoms with E-state index in [1.54, 1.807) is 0 Å². The van der Waals surface area contributed by atoms with Gasteiger partial charge in [-0.3, -0.25) is 0 Å². The zero-order chi connectivity index (χ0) is 24.1. The molecular formula is C28H29NO6. The molecule has 7 nitrogen and oxygen atoms in total. The minimum absolute atomic E-state index is 0.0319. The standard InChI is InChI=1S/C28H29NO6/c1-31-29-25-23(32-17-20-11-5-2-6-12-20)24(33-18-21-13-7-3-8-14-21)26-28(25,30)19-34-27(35-26)22-15-9-4-10-16-22/h2-16,23-24,26-27,30H,17-19H2,1H3/b29-25-/t23-,24-,26+,27-,28+/m1/s1. The van der Waals surface area contributed by atoms with Crippen molar-refractivity contribution in [2.75, 3.05) is 13.7 Å². The number of nitrogens with zero attached hydrogens (tertiary/aromatic N) is 1. The fourth-order valence-electron chi connectivity index (χ4n) is 4.59. The van der Waals surface area contributed by atoms with E-state index in [0.29, 0.717) is 18.9 Å². The Morgan fingerprint density at radius 2 is 1.43 bits per heavy atom. The summed E-state index contributed by atoms with van der Waals surface area (Å²) in [5, 5.41) is 16.0. The number of fused-ring (bicyclic) bond motifs is 1. The second-order valence-corrected chi connectivity index (χ2v) is 8.67. The molecule has 1 aliphatic heterocycles. The van der Waals surface area contributed by atoms with Crippen LogP contribution in [-0.4, -0.2) is 48.4 Å². The first kappa shape index (κ1) is 23.7. The van der Waals surface area contributed by atoms with E-state index in [1.165, 1.54) is 7.11 Å². The molecule has 1 saturated carbocycles. The number of aliphatic hydroxyl groups is 1. The lowest BCUT2D eigenvalue weighted by atomic mass is 9.97. The topological polar surface area (TPSA) is 78.7 Å². The minimum atomic E-state index is -1.57. The normalized spacial score (nSPS) is 29.1. The molecule has 0 unspecified atom stereocenters. The minimum Gasteiger partial charge on any atom is -0.399 e. The van der Waals surface area contributed by atoms with E-state index in [0.717, 1.165) is 16.7 Å². The highest BCUT2D eigenvalue weighted by Crippen LogP contribution is 2.43. The molecule has 0 spiro atoms. The van der Waals surface area contributed by atoms with E-state index >= 15 is 0 Å². The van der Waals surface area contributed by atoms with Crippen LogP contribution in [0.15, 0.2) is 96.2 Å². The maximum Gasteiger partial charge on any atom is 0.184 e. The fraction of sp³-hybridized carbons (Fsp3) is 0.321. The van der Waals surface area contributed by atoms with Crippen LogP contribution in [-0.2, 0) is 37.0 Å².